The monoisotopic (exact) mass is 317 g/mol. The third-order valence-electron chi connectivity index (χ3n) is 1.79. The largest absolute Gasteiger partial charge is 0.481 e. The van der Waals surface area contributed by atoms with Gasteiger partial charge in [0.05, 0.1) is 18.5 Å². The van der Waals surface area contributed by atoms with Crippen molar-refractivity contribution in [3.8, 4) is 0 Å². The van der Waals surface area contributed by atoms with Gasteiger partial charge in [-0.1, -0.05) is 11.3 Å². The minimum atomic E-state index is -0.953. The van der Waals surface area contributed by atoms with Gasteiger partial charge in [0.1, 0.15) is 5.01 Å². The van der Waals surface area contributed by atoms with Crippen molar-refractivity contribution in [1.29, 1.82) is 0 Å². The lowest BCUT2D eigenvalue weighted by Gasteiger charge is -1.89. The van der Waals surface area contributed by atoms with Crippen LogP contribution in [0.15, 0.2) is 14.1 Å². The van der Waals surface area contributed by atoms with Gasteiger partial charge in [0.25, 0.3) is 0 Å². The van der Waals surface area contributed by atoms with Crippen LogP contribution in [0.5, 0.6) is 0 Å². The highest BCUT2D eigenvalue weighted by molar-refractivity contribution is 8.02. The van der Waals surface area contributed by atoms with Crippen LogP contribution in [0.25, 0.3) is 0 Å². The van der Waals surface area contributed by atoms with Gasteiger partial charge >= 0.3 is 11.9 Å². The Kier molecular flexibility index (Phi) is 4.45. The fourth-order valence-electron chi connectivity index (χ4n) is 1.13. The van der Waals surface area contributed by atoms with Crippen LogP contribution >= 0.6 is 34.4 Å². The lowest BCUT2D eigenvalue weighted by atomic mass is 10.3. The van der Waals surface area contributed by atoms with E-state index in [4.69, 9.17) is 10.2 Å². The van der Waals surface area contributed by atoms with E-state index >= 15 is 0 Å². The molecule has 2 rings (SSSR count). The number of nitrogens with zero attached hydrogens (tertiary/aromatic N) is 3. The van der Waals surface area contributed by atoms with Gasteiger partial charge < -0.3 is 10.2 Å². The van der Waals surface area contributed by atoms with E-state index in [9.17, 15) is 9.59 Å². The average molecular weight is 317 g/mol. The summed E-state index contributed by atoms with van der Waals surface area (Å²) in [6.07, 6.45) is -0.266. The summed E-state index contributed by atoms with van der Waals surface area (Å²) in [5, 5.41) is 27.0. The number of carbonyl (C=O) groups is 2. The third kappa shape index (κ3) is 4.26. The first-order valence-electron chi connectivity index (χ1n) is 4.91. The zero-order valence-corrected chi connectivity index (χ0v) is 11.7. The van der Waals surface area contributed by atoms with Gasteiger partial charge in [-0.05, 0) is 11.8 Å². The average Bonchev–Trinajstić information content (AvgIpc) is 2.88. The van der Waals surface area contributed by atoms with Gasteiger partial charge in [0, 0.05) is 5.38 Å². The van der Waals surface area contributed by atoms with Crippen LogP contribution in [0, 0.1) is 0 Å². The number of aliphatic carboxylic acids is 2. The first kappa shape index (κ1) is 13.9. The molecule has 0 saturated carbocycles. The van der Waals surface area contributed by atoms with Crippen LogP contribution in [0.3, 0.4) is 0 Å². The van der Waals surface area contributed by atoms with E-state index < -0.39 is 11.9 Å². The molecule has 0 unspecified atom stereocenters. The van der Waals surface area contributed by atoms with E-state index in [1.165, 1.54) is 34.4 Å². The van der Waals surface area contributed by atoms with Gasteiger partial charge in [0.2, 0.25) is 0 Å². The predicted octanol–water partition coefficient (Wildman–Crippen LogP) is 1.40. The molecule has 0 aliphatic heterocycles. The van der Waals surface area contributed by atoms with E-state index in [2.05, 4.69) is 15.2 Å². The standard InChI is InChI=1S/C9H7N3O4S3/c13-6(14)1-4-3-17-8(10-4)19-9-12-11-5(18-9)2-7(15)16/h3H,1-2H2,(H,13,14)(H,15,16). The maximum atomic E-state index is 10.5. The maximum Gasteiger partial charge on any atom is 0.310 e. The second-order valence-corrected chi connectivity index (χ2v) is 6.72. The summed E-state index contributed by atoms with van der Waals surface area (Å²) in [6.45, 7) is 0. The third-order valence-corrected chi connectivity index (χ3v) is 4.75. The molecule has 7 nitrogen and oxygen atoms in total. The summed E-state index contributed by atoms with van der Waals surface area (Å²) in [4.78, 5) is 25.2. The Balaban J connectivity index is 2.00. The molecule has 0 aliphatic rings. The molecule has 0 saturated heterocycles. The Labute approximate surface area is 119 Å². The first-order valence-corrected chi connectivity index (χ1v) is 7.42. The molecule has 2 heterocycles. The van der Waals surface area contributed by atoms with Crippen LogP contribution in [0.1, 0.15) is 10.7 Å². The zero-order valence-electron chi connectivity index (χ0n) is 9.27. The Morgan fingerprint density at radius 2 is 1.89 bits per heavy atom. The number of thiazole rings is 1. The molecule has 0 spiro atoms. The Bertz CT molecular complexity index is 557. The van der Waals surface area contributed by atoms with E-state index in [0.717, 1.165) is 0 Å². The SMILES string of the molecule is O=C(O)Cc1csc(Sc2nnc(CC(=O)O)s2)n1. The number of hydrogen-bond acceptors (Lipinski definition) is 8. The van der Waals surface area contributed by atoms with Crippen molar-refractivity contribution in [1.82, 2.24) is 15.2 Å². The lowest BCUT2D eigenvalue weighted by molar-refractivity contribution is -0.137. The molecular weight excluding hydrogens is 310 g/mol. The summed E-state index contributed by atoms with van der Waals surface area (Å²) in [6, 6.07) is 0. The van der Waals surface area contributed by atoms with E-state index in [-0.39, 0.29) is 12.8 Å². The highest BCUT2D eigenvalue weighted by Crippen LogP contribution is 2.32. The molecule has 0 aliphatic carbocycles. The quantitative estimate of drug-likeness (QED) is 0.822. The normalized spacial score (nSPS) is 10.5. The molecule has 0 amide bonds. The molecule has 0 radical (unpaired) electrons. The fourth-order valence-corrected chi connectivity index (χ4v) is 4.05. The van der Waals surface area contributed by atoms with Crippen molar-refractivity contribution in [3.05, 3.63) is 16.1 Å². The zero-order chi connectivity index (χ0) is 13.8. The maximum absolute atomic E-state index is 10.5. The minimum absolute atomic E-state index is 0.114. The molecule has 10 heteroatoms. The minimum Gasteiger partial charge on any atom is -0.481 e. The Hall–Kier alpha value is -1.52. The van der Waals surface area contributed by atoms with Crippen LogP contribution < -0.4 is 0 Å². The highest BCUT2D eigenvalue weighted by atomic mass is 32.2. The first-order chi connectivity index (χ1) is 9.02. The van der Waals surface area contributed by atoms with Crippen molar-refractivity contribution in [2.24, 2.45) is 0 Å². The Morgan fingerprint density at radius 3 is 2.58 bits per heavy atom. The summed E-state index contributed by atoms with van der Waals surface area (Å²) < 4.78 is 1.25. The van der Waals surface area contributed by atoms with Gasteiger partial charge in [-0.15, -0.1) is 21.5 Å². The van der Waals surface area contributed by atoms with Gasteiger partial charge in [0.15, 0.2) is 8.68 Å². The molecule has 0 aromatic carbocycles. The number of aromatic nitrogens is 3. The van der Waals surface area contributed by atoms with Crippen LogP contribution in [-0.2, 0) is 22.4 Å². The van der Waals surface area contributed by atoms with E-state index in [1.807, 2.05) is 0 Å². The predicted molar refractivity (Wildman–Crippen MR) is 68.8 cm³/mol. The van der Waals surface area contributed by atoms with Crippen LogP contribution in [0.2, 0.25) is 0 Å². The topological polar surface area (TPSA) is 113 Å². The van der Waals surface area contributed by atoms with Gasteiger partial charge in [-0.2, -0.15) is 0 Å². The van der Waals surface area contributed by atoms with Crippen LogP contribution in [0.4, 0.5) is 0 Å². The van der Waals surface area contributed by atoms with E-state index in [1.54, 1.807) is 5.38 Å². The number of carboxylic acids is 2. The number of carboxylic acid groups (broad SMARTS) is 2. The summed E-state index contributed by atoms with van der Waals surface area (Å²) >= 11 is 3.76. The highest BCUT2D eigenvalue weighted by Gasteiger charge is 2.12. The van der Waals surface area contributed by atoms with Crippen molar-refractivity contribution < 1.29 is 19.8 Å². The molecule has 0 bridgehead atoms. The molecular formula is C9H7N3O4S3. The molecule has 0 atom stereocenters. The van der Waals surface area contributed by atoms with E-state index in [0.29, 0.717) is 19.4 Å². The fraction of sp³-hybridized carbons (Fsp3) is 0.222. The second kappa shape index (κ2) is 6.08. The molecule has 100 valence electrons. The van der Waals surface area contributed by atoms with Gasteiger partial charge in [-0.25, -0.2) is 4.98 Å². The van der Waals surface area contributed by atoms with Crippen molar-refractivity contribution >= 4 is 46.4 Å². The molecule has 2 N–H and O–H groups in total. The van der Waals surface area contributed by atoms with Crippen molar-refractivity contribution in [2.45, 2.75) is 21.5 Å². The second-order valence-electron chi connectivity index (χ2n) is 3.31. The summed E-state index contributed by atoms with van der Waals surface area (Å²) in [5.74, 6) is -1.88. The van der Waals surface area contributed by atoms with Crippen LogP contribution in [-0.4, -0.2) is 37.3 Å². The van der Waals surface area contributed by atoms with Crippen molar-refractivity contribution in [2.75, 3.05) is 0 Å². The molecule has 2 aromatic rings. The summed E-state index contributed by atoms with van der Waals surface area (Å²) in [7, 11) is 0. The Morgan fingerprint density at radius 1 is 1.16 bits per heavy atom. The molecule has 0 fully saturated rings. The van der Waals surface area contributed by atoms with Crippen molar-refractivity contribution in [3.63, 3.8) is 0 Å². The number of hydrogen-bond donors (Lipinski definition) is 2. The molecule has 19 heavy (non-hydrogen) atoms. The summed E-state index contributed by atoms with van der Waals surface area (Å²) in [5.41, 5.74) is 0.496. The molecule has 2 aromatic heterocycles. The lowest BCUT2D eigenvalue weighted by Crippen LogP contribution is -1.99. The number of rotatable bonds is 6. The van der Waals surface area contributed by atoms with Gasteiger partial charge in [-0.3, -0.25) is 9.59 Å². The smallest absolute Gasteiger partial charge is 0.310 e.